The smallest absolute Gasteiger partial charge is 0.272 e. The second-order valence-corrected chi connectivity index (χ2v) is 4.76. The lowest BCUT2D eigenvalue weighted by atomic mass is 10.2. The fourth-order valence-electron chi connectivity index (χ4n) is 1.52. The molecule has 2 rings (SSSR count). The molecule has 0 aliphatic rings. The summed E-state index contributed by atoms with van der Waals surface area (Å²) in [4.78, 5) is 15.6. The van der Waals surface area contributed by atoms with Gasteiger partial charge in [-0.25, -0.2) is 5.43 Å². The number of amides is 1. The van der Waals surface area contributed by atoms with Crippen LogP contribution in [0, 0.1) is 0 Å². The molecule has 0 aliphatic carbocycles. The van der Waals surface area contributed by atoms with Gasteiger partial charge in [0, 0.05) is 18.0 Å². The number of ether oxygens (including phenoxy) is 1. The minimum Gasteiger partial charge on any atom is -0.497 e. The van der Waals surface area contributed by atoms with E-state index in [0.717, 1.165) is 0 Å². The minimum absolute atomic E-state index is 0.374. The molecule has 1 N–H and O–H groups in total. The van der Waals surface area contributed by atoms with E-state index in [1.807, 2.05) is 0 Å². The number of halogens is 2. The van der Waals surface area contributed by atoms with Gasteiger partial charge in [0.25, 0.3) is 5.91 Å². The number of hydrogen-bond donors (Lipinski definition) is 1. The van der Waals surface area contributed by atoms with Crippen LogP contribution in [0.3, 0.4) is 0 Å². The number of pyridine rings is 1. The molecule has 1 aromatic heterocycles. The monoisotopic (exact) mass is 323 g/mol. The van der Waals surface area contributed by atoms with Gasteiger partial charge < -0.3 is 4.74 Å². The molecule has 0 atom stereocenters. The van der Waals surface area contributed by atoms with Crippen LogP contribution in [0.1, 0.15) is 15.9 Å². The van der Waals surface area contributed by atoms with Crippen molar-refractivity contribution in [2.75, 3.05) is 7.11 Å². The maximum Gasteiger partial charge on any atom is 0.272 e. The van der Waals surface area contributed by atoms with Gasteiger partial charge in [0.2, 0.25) is 0 Å². The Hall–Kier alpha value is -2.11. The molecule has 0 fully saturated rings. The predicted molar refractivity (Wildman–Crippen MR) is 82.3 cm³/mol. The molecule has 0 saturated carbocycles. The highest BCUT2D eigenvalue weighted by Crippen LogP contribution is 2.28. The topological polar surface area (TPSA) is 63.6 Å². The molecule has 0 bridgehead atoms. The molecule has 108 valence electrons. The Labute approximate surface area is 131 Å². The largest absolute Gasteiger partial charge is 0.497 e. The maximum atomic E-state index is 11.8. The number of hydrazone groups is 1. The molecule has 7 heteroatoms. The summed E-state index contributed by atoms with van der Waals surface area (Å²) >= 11 is 12.1. The fourth-order valence-corrected chi connectivity index (χ4v) is 2.08. The Bertz CT molecular complexity index is 652. The fraction of sp³-hybridized carbons (Fsp3) is 0.0714. The Morgan fingerprint density at radius 1 is 1.38 bits per heavy atom. The van der Waals surface area contributed by atoms with E-state index in [4.69, 9.17) is 27.9 Å². The van der Waals surface area contributed by atoms with E-state index in [1.165, 1.54) is 19.5 Å². The predicted octanol–water partition coefficient (Wildman–Crippen LogP) is 3.16. The first-order chi connectivity index (χ1) is 10.1. The molecule has 1 aromatic carbocycles. The van der Waals surface area contributed by atoms with E-state index in [-0.39, 0.29) is 5.91 Å². The van der Waals surface area contributed by atoms with E-state index in [9.17, 15) is 4.79 Å². The van der Waals surface area contributed by atoms with Crippen molar-refractivity contribution in [3.63, 3.8) is 0 Å². The highest BCUT2D eigenvalue weighted by Gasteiger charge is 2.07. The molecule has 2 aromatic rings. The number of methoxy groups -OCH3 is 1. The van der Waals surface area contributed by atoms with Gasteiger partial charge in [-0.2, -0.15) is 5.10 Å². The zero-order valence-corrected chi connectivity index (χ0v) is 12.5. The van der Waals surface area contributed by atoms with Crippen molar-refractivity contribution in [2.24, 2.45) is 5.10 Å². The van der Waals surface area contributed by atoms with Crippen LogP contribution >= 0.6 is 23.2 Å². The van der Waals surface area contributed by atoms with Crippen LogP contribution in [0.5, 0.6) is 5.75 Å². The van der Waals surface area contributed by atoms with Gasteiger partial charge in [0.1, 0.15) is 5.75 Å². The van der Waals surface area contributed by atoms with E-state index >= 15 is 0 Å². The summed E-state index contributed by atoms with van der Waals surface area (Å²) in [5.74, 6) is 0.168. The van der Waals surface area contributed by atoms with Gasteiger partial charge in [-0.15, -0.1) is 0 Å². The van der Waals surface area contributed by atoms with Gasteiger partial charge in [-0.1, -0.05) is 23.2 Å². The third-order valence-corrected chi connectivity index (χ3v) is 3.20. The van der Waals surface area contributed by atoms with Crippen LogP contribution in [0.25, 0.3) is 0 Å². The highest BCUT2D eigenvalue weighted by atomic mass is 35.5. The standard InChI is InChI=1S/C14H11Cl2N3O2/c1-21-10-5-12(15)11(13(16)6-10)8-18-19-14(20)9-3-2-4-17-7-9/h2-8H,1H3,(H,19,20)/b18-8+. The lowest BCUT2D eigenvalue weighted by Gasteiger charge is -2.05. The van der Waals surface area contributed by atoms with Crippen LogP contribution in [0.2, 0.25) is 10.0 Å². The quantitative estimate of drug-likeness (QED) is 0.694. The van der Waals surface area contributed by atoms with Crippen LogP contribution in [0.15, 0.2) is 41.8 Å². The van der Waals surface area contributed by atoms with Gasteiger partial charge in [0.15, 0.2) is 0 Å². The van der Waals surface area contributed by atoms with Gasteiger partial charge >= 0.3 is 0 Å². The third kappa shape index (κ3) is 3.93. The summed E-state index contributed by atoms with van der Waals surface area (Å²) < 4.78 is 5.04. The van der Waals surface area contributed by atoms with Crippen molar-refractivity contribution in [1.29, 1.82) is 0 Å². The van der Waals surface area contributed by atoms with Crippen molar-refractivity contribution in [1.82, 2.24) is 10.4 Å². The normalized spacial score (nSPS) is 10.6. The van der Waals surface area contributed by atoms with Crippen LogP contribution in [-0.2, 0) is 0 Å². The van der Waals surface area contributed by atoms with Crippen LogP contribution < -0.4 is 10.2 Å². The average Bonchev–Trinajstić information content (AvgIpc) is 2.50. The molecular formula is C14H11Cl2N3O2. The summed E-state index contributed by atoms with van der Waals surface area (Å²) in [5, 5.41) is 4.58. The first-order valence-corrected chi connectivity index (χ1v) is 6.64. The first kappa shape index (κ1) is 15.3. The Kier molecular flexibility index (Phi) is 5.14. The van der Waals surface area contributed by atoms with Crippen molar-refractivity contribution in [3.8, 4) is 5.75 Å². The Balaban J connectivity index is 2.10. The van der Waals surface area contributed by atoms with Crippen LogP contribution in [-0.4, -0.2) is 24.2 Å². The van der Waals surface area contributed by atoms with Gasteiger partial charge in [-0.3, -0.25) is 9.78 Å². The Morgan fingerprint density at radius 2 is 2.10 bits per heavy atom. The molecule has 0 spiro atoms. The Morgan fingerprint density at radius 3 is 2.67 bits per heavy atom. The number of nitrogens with one attached hydrogen (secondary N) is 1. The molecule has 0 aliphatic heterocycles. The molecule has 0 saturated heterocycles. The number of aromatic nitrogens is 1. The maximum absolute atomic E-state index is 11.8. The summed E-state index contributed by atoms with van der Waals surface area (Å²) in [6, 6.07) is 6.51. The summed E-state index contributed by atoms with van der Waals surface area (Å²) in [6.45, 7) is 0. The minimum atomic E-state index is -0.375. The molecule has 0 radical (unpaired) electrons. The number of rotatable bonds is 4. The molecule has 5 nitrogen and oxygen atoms in total. The SMILES string of the molecule is COc1cc(Cl)c(/C=N/NC(=O)c2cccnc2)c(Cl)c1. The van der Waals surface area contributed by atoms with Crippen molar-refractivity contribution in [2.45, 2.75) is 0 Å². The van der Waals surface area contributed by atoms with Crippen molar-refractivity contribution >= 4 is 35.3 Å². The summed E-state index contributed by atoms with van der Waals surface area (Å²) in [7, 11) is 1.52. The second-order valence-electron chi connectivity index (χ2n) is 3.95. The zero-order chi connectivity index (χ0) is 15.2. The number of benzene rings is 1. The van der Waals surface area contributed by atoms with Crippen molar-refractivity contribution in [3.05, 3.63) is 57.8 Å². The lowest BCUT2D eigenvalue weighted by Crippen LogP contribution is -2.17. The van der Waals surface area contributed by atoms with E-state index < -0.39 is 0 Å². The average molecular weight is 324 g/mol. The summed E-state index contributed by atoms with van der Waals surface area (Å²) in [5.41, 5.74) is 3.27. The van der Waals surface area contributed by atoms with Gasteiger partial charge in [0.05, 0.1) is 28.9 Å². The zero-order valence-electron chi connectivity index (χ0n) is 11.0. The van der Waals surface area contributed by atoms with Crippen molar-refractivity contribution < 1.29 is 9.53 Å². The molecule has 1 heterocycles. The molecule has 0 unspecified atom stereocenters. The number of nitrogens with zero attached hydrogens (tertiary/aromatic N) is 2. The molecular weight excluding hydrogens is 313 g/mol. The molecule has 1 amide bonds. The van der Waals surface area contributed by atoms with Crippen LogP contribution in [0.4, 0.5) is 0 Å². The third-order valence-electron chi connectivity index (χ3n) is 2.57. The highest BCUT2D eigenvalue weighted by molar-refractivity contribution is 6.38. The number of hydrogen-bond acceptors (Lipinski definition) is 4. The number of carbonyl (C=O) groups excluding carboxylic acids is 1. The van der Waals surface area contributed by atoms with E-state index in [0.29, 0.717) is 26.9 Å². The van der Waals surface area contributed by atoms with E-state index in [1.54, 1.807) is 30.5 Å². The van der Waals surface area contributed by atoms with E-state index in [2.05, 4.69) is 15.5 Å². The summed E-state index contributed by atoms with van der Waals surface area (Å²) in [6.07, 6.45) is 4.40. The van der Waals surface area contributed by atoms with Gasteiger partial charge in [-0.05, 0) is 24.3 Å². The lowest BCUT2D eigenvalue weighted by molar-refractivity contribution is 0.0955. The second kappa shape index (κ2) is 7.06. The molecule has 21 heavy (non-hydrogen) atoms. The number of carbonyl (C=O) groups is 1. The first-order valence-electron chi connectivity index (χ1n) is 5.88.